The second kappa shape index (κ2) is 11.8. The van der Waals surface area contributed by atoms with Gasteiger partial charge in [0, 0.05) is 31.1 Å². The molecule has 12 heteroatoms. The van der Waals surface area contributed by atoms with Crippen molar-refractivity contribution >= 4 is 38.9 Å². The molecular formula is C31H33ClN4O6S. The molecule has 3 aromatic carbocycles. The van der Waals surface area contributed by atoms with Crippen molar-refractivity contribution in [2.75, 3.05) is 13.2 Å². The van der Waals surface area contributed by atoms with Gasteiger partial charge in [0.05, 0.1) is 30.2 Å². The Morgan fingerprint density at radius 2 is 1.91 bits per heavy atom. The number of rotatable bonds is 3. The number of carbonyl (C=O) groups excluding carboxylic acids is 1. The van der Waals surface area contributed by atoms with Crippen molar-refractivity contribution in [2.24, 2.45) is 0 Å². The summed E-state index contributed by atoms with van der Waals surface area (Å²) in [6.45, 7) is 7.16. The molecule has 4 aromatic rings. The number of hydrogen-bond donors (Lipinski definition) is 0. The van der Waals surface area contributed by atoms with Crippen LogP contribution in [0, 0.1) is 13.8 Å². The van der Waals surface area contributed by atoms with Gasteiger partial charge in [-0.3, -0.25) is 4.79 Å². The fourth-order valence-electron chi connectivity index (χ4n) is 5.81. The molecule has 1 aromatic heterocycles. The van der Waals surface area contributed by atoms with E-state index in [2.05, 4.69) is 10.3 Å². The van der Waals surface area contributed by atoms with E-state index >= 15 is 0 Å². The molecule has 4 heterocycles. The van der Waals surface area contributed by atoms with E-state index in [1.165, 1.54) is 4.31 Å². The lowest BCUT2D eigenvalue weighted by Crippen LogP contribution is -2.37. The van der Waals surface area contributed by atoms with Gasteiger partial charge < -0.3 is 13.7 Å². The zero-order valence-corrected chi connectivity index (χ0v) is 25.9. The van der Waals surface area contributed by atoms with Crippen molar-refractivity contribution in [3.8, 4) is 11.5 Å². The molecular weight excluding hydrogens is 592 g/mol. The quantitative estimate of drug-likeness (QED) is 0.271. The highest BCUT2D eigenvalue weighted by atomic mass is 35.5. The number of benzene rings is 3. The van der Waals surface area contributed by atoms with Gasteiger partial charge in [0.2, 0.25) is 0 Å². The van der Waals surface area contributed by atoms with Crippen LogP contribution in [-0.2, 0) is 39.5 Å². The maximum atomic E-state index is 13.2. The molecule has 0 amide bonds. The molecule has 2 atom stereocenters. The Balaban J connectivity index is 1.48. The summed E-state index contributed by atoms with van der Waals surface area (Å²) in [5.41, 5.74) is 6.67. The summed E-state index contributed by atoms with van der Waals surface area (Å²) >= 11 is 6.73. The van der Waals surface area contributed by atoms with Gasteiger partial charge in [0.15, 0.2) is 0 Å². The average molecular weight is 625 g/mol. The fraction of sp³-hybridized carbons (Fsp3) is 0.387. The van der Waals surface area contributed by atoms with Gasteiger partial charge in [-0.05, 0) is 79.6 Å². The maximum Gasteiger partial charge on any atom is 0.385 e. The summed E-state index contributed by atoms with van der Waals surface area (Å²) < 4.78 is 46.4. The molecule has 7 rings (SSSR count). The molecule has 0 radical (unpaired) electrons. The number of hydrogen-bond acceptors (Lipinski definition) is 8. The van der Waals surface area contributed by atoms with Crippen LogP contribution in [-0.4, -0.2) is 46.9 Å². The van der Waals surface area contributed by atoms with Crippen molar-refractivity contribution in [1.29, 1.82) is 0 Å². The third-order valence-corrected chi connectivity index (χ3v) is 9.88. The average Bonchev–Trinajstić information content (AvgIpc) is 3.38. The van der Waals surface area contributed by atoms with E-state index in [1.807, 2.05) is 48.9 Å². The summed E-state index contributed by atoms with van der Waals surface area (Å²) in [4.78, 5) is 12.9. The SMILES string of the molecule is CCOC(=O)CC1c2ccc(C)c(c2)CN2Cc3c(ccc(c3Cl)OCCCCn3nnc4c(C)c1ccc43)OS2(=O)=O. The van der Waals surface area contributed by atoms with Crippen LogP contribution < -0.4 is 8.92 Å². The minimum absolute atomic E-state index is 0.0333. The van der Waals surface area contributed by atoms with Crippen LogP contribution in [0.2, 0.25) is 5.02 Å². The Hall–Kier alpha value is -3.67. The van der Waals surface area contributed by atoms with E-state index in [1.54, 1.807) is 19.1 Å². The molecule has 2 unspecified atom stereocenters. The first-order valence-corrected chi connectivity index (χ1v) is 16.1. The molecule has 43 heavy (non-hydrogen) atoms. The van der Waals surface area contributed by atoms with E-state index in [0.717, 1.165) is 51.7 Å². The van der Waals surface area contributed by atoms with Crippen molar-refractivity contribution in [1.82, 2.24) is 19.3 Å². The highest BCUT2D eigenvalue weighted by Gasteiger charge is 2.34. The minimum atomic E-state index is -4.09. The molecule has 3 aliphatic heterocycles. The van der Waals surface area contributed by atoms with E-state index < -0.39 is 10.3 Å². The molecule has 0 N–H and O–H groups in total. The zero-order valence-electron chi connectivity index (χ0n) is 24.3. The third-order valence-electron chi connectivity index (χ3n) is 8.19. The van der Waals surface area contributed by atoms with Crippen molar-refractivity contribution < 1.29 is 26.9 Å². The molecule has 0 saturated carbocycles. The number of fused-ring (bicyclic) bond motifs is 5. The number of aryl methyl sites for hydroxylation is 3. The van der Waals surface area contributed by atoms with E-state index in [-0.39, 0.29) is 43.8 Å². The Bertz CT molecular complexity index is 1820. The normalized spacial score (nSPS) is 19.6. The second-order valence-corrected chi connectivity index (χ2v) is 12.8. The number of aromatic nitrogens is 3. The maximum absolute atomic E-state index is 13.2. The molecule has 226 valence electrons. The van der Waals surface area contributed by atoms with Crippen LogP contribution in [0.25, 0.3) is 11.0 Å². The predicted molar refractivity (Wildman–Crippen MR) is 162 cm³/mol. The largest absolute Gasteiger partial charge is 0.492 e. The van der Waals surface area contributed by atoms with Gasteiger partial charge in [0.1, 0.15) is 17.0 Å². The first-order valence-electron chi connectivity index (χ1n) is 14.4. The van der Waals surface area contributed by atoms with Crippen molar-refractivity contribution in [2.45, 2.75) is 65.6 Å². The van der Waals surface area contributed by atoms with Gasteiger partial charge >= 0.3 is 16.3 Å². The third kappa shape index (κ3) is 5.69. The molecule has 0 fully saturated rings. The van der Waals surface area contributed by atoms with Crippen molar-refractivity contribution in [3.05, 3.63) is 80.9 Å². The Labute approximate surface area is 255 Å². The number of halogens is 1. The van der Waals surface area contributed by atoms with Crippen LogP contribution in [0.15, 0.2) is 42.5 Å². The lowest BCUT2D eigenvalue weighted by atomic mass is 9.84. The lowest BCUT2D eigenvalue weighted by Gasteiger charge is -2.29. The van der Waals surface area contributed by atoms with Gasteiger partial charge in [-0.15, -0.1) is 5.10 Å². The molecule has 0 aliphatic carbocycles. The van der Waals surface area contributed by atoms with E-state index in [9.17, 15) is 13.2 Å². The second-order valence-electron chi connectivity index (χ2n) is 10.9. The highest BCUT2D eigenvalue weighted by Crippen LogP contribution is 2.41. The summed E-state index contributed by atoms with van der Waals surface area (Å²) in [5, 5.41) is 9.26. The predicted octanol–water partition coefficient (Wildman–Crippen LogP) is 5.60. The molecule has 3 aliphatic rings. The number of esters is 1. The molecule has 9 bridgehead atoms. The highest BCUT2D eigenvalue weighted by molar-refractivity contribution is 7.84. The van der Waals surface area contributed by atoms with Crippen LogP contribution in [0.5, 0.6) is 11.5 Å². The van der Waals surface area contributed by atoms with E-state index in [4.69, 9.17) is 25.3 Å². The first kappa shape index (κ1) is 29.4. The molecule has 10 nitrogen and oxygen atoms in total. The lowest BCUT2D eigenvalue weighted by molar-refractivity contribution is -0.143. The summed E-state index contributed by atoms with van der Waals surface area (Å²) in [5.74, 6) is 0.0163. The number of ether oxygens (including phenoxy) is 2. The van der Waals surface area contributed by atoms with Crippen LogP contribution in [0.1, 0.15) is 65.5 Å². The minimum Gasteiger partial charge on any atom is -0.492 e. The summed E-state index contributed by atoms with van der Waals surface area (Å²) in [6.07, 6.45) is 1.67. The Morgan fingerprint density at radius 3 is 2.72 bits per heavy atom. The zero-order chi connectivity index (χ0) is 30.3. The van der Waals surface area contributed by atoms with Gasteiger partial charge in [-0.1, -0.05) is 41.1 Å². The fourth-order valence-corrected chi connectivity index (χ4v) is 7.15. The van der Waals surface area contributed by atoms with Gasteiger partial charge in [0.25, 0.3) is 0 Å². The van der Waals surface area contributed by atoms with Gasteiger partial charge in [-0.2, -0.15) is 12.7 Å². The smallest absolute Gasteiger partial charge is 0.385 e. The van der Waals surface area contributed by atoms with Crippen LogP contribution in [0.3, 0.4) is 0 Å². The summed E-state index contributed by atoms with van der Waals surface area (Å²) in [6, 6.07) is 13.1. The van der Waals surface area contributed by atoms with Crippen LogP contribution in [0.4, 0.5) is 0 Å². The topological polar surface area (TPSA) is 113 Å². The number of nitrogens with zero attached hydrogens (tertiary/aromatic N) is 4. The Kier molecular flexibility index (Phi) is 8.06. The standard InChI is InChI=1S/C31H33ClN4O6S/c1-4-40-29(37)16-24-21-8-7-19(2)22(15-21)17-35-18-25-27(42-43(35,38)39)11-12-28(30(25)32)41-14-6-5-13-36-26-10-9-23(24)20(3)31(26)33-34-36/h7-12,15,24H,4-6,13-14,16-18H2,1-3H3. The first-order chi connectivity index (χ1) is 20.7. The Morgan fingerprint density at radius 1 is 1.09 bits per heavy atom. The summed E-state index contributed by atoms with van der Waals surface area (Å²) in [7, 11) is -4.09. The molecule has 0 saturated heterocycles. The van der Waals surface area contributed by atoms with E-state index in [0.29, 0.717) is 29.5 Å². The van der Waals surface area contributed by atoms with Gasteiger partial charge in [-0.25, -0.2) is 4.68 Å². The monoisotopic (exact) mass is 624 g/mol. The van der Waals surface area contributed by atoms with Crippen molar-refractivity contribution in [3.63, 3.8) is 0 Å². The van der Waals surface area contributed by atoms with Crippen LogP contribution >= 0.6 is 11.6 Å². The molecule has 0 spiro atoms. The number of carbonyl (C=O) groups is 1.